The Bertz CT molecular complexity index is 493. The van der Waals surface area contributed by atoms with E-state index < -0.39 is 26.5 Å². The summed E-state index contributed by atoms with van der Waals surface area (Å²) in [5.41, 5.74) is 1.13. The fourth-order valence-corrected chi connectivity index (χ4v) is 3.25. The molecule has 0 saturated heterocycles. The lowest BCUT2D eigenvalue weighted by Gasteiger charge is -2.39. The zero-order valence-electron chi connectivity index (χ0n) is 15.1. The van der Waals surface area contributed by atoms with Crippen LogP contribution in [0.5, 0.6) is 0 Å². The topological polar surface area (TPSA) is 55.8 Å². The highest BCUT2D eigenvalue weighted by molar-refractivity contribution is 6.74. The molecule has 130 valence electrons. The van der Waals surface area contributed by atoms with Gasteiger partial charge in [-0.05, 0) is 36.5 Å². The molecular formula is C18H30O4Si. The fourth-order valence-electron chi connectivity index (χ4n) is 2.00. The van der Waals surface area contributed by atoms with Gasteiger partial charge in [0.1, 0.15) is 0 Å². The molecule has 1 aromatic carbocycles. The summed E-state index contributed by atoms with van der Waals surface area (Å²) in [5.74, 6) is -0.504. The monoisotopic (exact) mass is 338 g/mol. The number of carbonyl (C=O) groups excluding carboxylic acids is 1. The van der Waals surface area contributed by atoms with Crippen LogP contribution in [-0.4, -0.2) is 38.7 Å². The van der Waals surface area contributed by atoms with Gasteiger partial charge >= 0.3 is 5.97 Å². The zero-order chi connectivity index (χ0) is 17.7. The lowest BCUT2D eigenvalue weighted by molar-refractivity contribution is -0.155. The van der Waals surface area contributed by atoms with Gasteiger partial charge in [-0.2, -0.15) is 0 Å². The third kappa shape index (κ3) is 5.75. The number of ether oxygens (including phenoxy) is 1. The quantitative estimate of drug-likeness (QED) is 0.610. The van der Waals surface area contributed by atoms with Crippen molar-refractivity contribution in [1.82, 2.24) is 0 Å². The summed E-state index contributed by atoms with van der Waals surface area (Å²) in [5, 5.41) is 10.5. The maximum Gasteiger partial charge on any atom is 0.336 e. The Labute approximate surface area is 140 Å². The molecule has 2 atom stereocenters. The van der Waals surface area contributed by atoms with E-state index in [2.05, 4.69) is 33.9 Å². The van der Waals surface area contributed by atoms with Gasteiger partial charge < -0.3 is 14.3 Å². The average molecular weight is 339 g/mol. The largest absolute Gasteiger partial charge is 0.467 e. The Morgan fingerprint density at radius 3 is 2.26 bits per heavy atom. The van der Waals surface area contributed by atoms with E-state index in [1.54, 1.807) is 0 Å². The van der Waals surface area contributed by atoms with E-state index in [4.69, 9.17) is 9.16 Å². The van der Waals surface area contributed by atoms with Crippen molar-refractivity contribution < 1.29 is 19.1 Å². The average Bonchev–Trinajstić information content (AvgIpc) is 2.49. The van der Waals surface area contributed by atoms with Crippen LogP contribution in [-0.2, 0) is 20.4 Å². The molecule has 2 unspecified atom stereocenters. The van der Waals surface area contributed by atoms with E-state index in [-0.39, 0.29) is 5.04 Å². The molecule has 1 N–H and O–H groups in total. The first kappa shape index (κ1) is 19.9. The van der Waals surface area contributed by atoms with Crippen molar-refractivity contribution in [3.8, 4) is 0 Å². The molecule has 1 aromatic rings. The molecule has 1 rings (SSSR count). The Hall–Kier alpha value is -1.17. The minimum Gasteiger partial charge on any atom is -0.467 e. The van der Waals surface area contributed by atoms with E-state index in [9.17, 15) is 9.90 Å². The SMILES string of the molecule is COC(=O)C(O[Si](C)(C)C(C)(C)C)C(O)CCc1ccccc1. The Balaban J connectivity index is 2.79. The van der Waals surface area contributed by atoms with Gasteiger partial charge in [0.05, 0.1) is 13.2 Å². The number of benzene rings is 1. The number of hydrogen-bond donors (Lipinski definition) is 1. The molecule has 0 bridgehead atoms. The van der Waals surface area contributed by atoms with Crippen molar-refractivity contribution in [2.75, 3.05) is 7.11 Å². The smallest absolute Gasteiger partial charge is 0.336 e. The van der Waals surface area contributed by atoms with Gasteiger partial charge in [0.25, 0.3) is 0 Å². The van der Waals surface area contributed by atoms with Crippen LogP contribution >= 0.6 is 0 Å². The highest BCUT2D eigenvalue weighted by atomic mass is 28.4. The van der Waals surface area contributed by atoms with Crippen molar-refractivity contribution in [3.63, 3.8) is 0 Å². The van der Waals surface area contributed by atoms with Gasteiger partial charge in [0, 0.05) is 0 Å². The molecule has 0 aliphatic rings. The third-order valence-corrected chi connectivity index (χ3v) is 9.04. The van der Waals surface area contributed by atoms with E-state index in [0.717, 1.165) is 5.56 Å². The van der Waals surface area contributed by atoms with Crippen LogP contribution in [0.1, 0.15) is 32.8 Å². The number of hydrogen-bond acceptors (Lipinski definition) is 4. The summed E-state index contributed by atoms with van der Waals surface area (Å²) in [4.78, 5) is 12.1. The second-order valence-electron chi connectivity index (χ2n) is 7.41. The number of methoxy groups -OCH3 is 1. The van der Waals surface area contributed by atoms with Crippen LogP contribution in [0.25, 0.3) is 0 Å². The van der Waals surface area contributed by atoms with Gasteiger partial charge in [-0.15, -0.1) is 0 Å². The molecule has 0 amide bonds. The molecule has 0 aliphatic heterocycles. The normalized spacial score (nSPS) is 15.1. The van der Waals surface area contributed by atoms with Crippen molar-refractivity contribution in [3.05, 3.63) is 35.9 Å². The molecule has 5 heteroatoms. The minimum absolute atomic E-state index is 0.0432. The predicted molar refractivity (Wildman–Crippen MR) is 94.9 cm³/mol. The van der Waals surface area contributed by atoms with Gasteiger partial charge in [0.15, 0.2) is 14.4 Å². The highest BCUT2D eigenvalue weighted by Gasteiger charge is 2.43. The first-order valence-corrected chi connectivity index (χ1v) is 11.0. The van der Waals surface area contributed by atoms with Crippen molar-refractivity contribution in [1.29, 1.82) is 0 Å². The standard InChI is InChI=1S/C18H30O4Si/c1-18(2,3)23(5,6)22-16(17(20)21-4)15(19)13-12-14-10-8-7-9-11-14/h7-11,15-16,19H,12-13H2,1-6H3. The van der Waals surface area contributed by atoms with E-state index in [1.807, 2.05) is 30.3 Å². The van der Waals surface area contributed by atoms with E-state index in [1.165, 1.54) is 7.11 Å². The minimum atomic E-state index is -2.18. The number of rotatable bonds is 7. The zero-order valence-corrected chi connectivity index (χ0v) is 16.1. The molecule has 0 radical (unpaired) electrons. The Kier molecular flexibility index (Phi) is 6.98. The maximum atomic E-state index is 12.1. The van der Waals surface area contributed by atoms with Gasteiger partial charge in [-0.25, -0.2) is 4.79 Å². The number of aryl methyl sites for hydroxylation is 1. The maximum absolute atomic E-state index is 12.1. The second kappa shape index (κ2) is 8.08. The summed E-state index contributed by atoms with van der Waals surface area (Å²) >= 11 is 0. The molecule has 23 heavy (non-hydrogen) atoms. The molecule has 0 saturated carbocycles. The van der Waals surface area contributed by atoms with Crippen LogP contribution in [0.3, 0.4) is 0 Å². The van der Waals surface area contributed by atoms with Crippen LogP contribution in [0.15, 0.2) is 30.3 Å². The van der Waals surface area contributed by atoms with Gasteiger partial charge in [-0.1, -0.05) is 51.1 Å². The first-order valence-electron chi connectivity index (χ1n) is 8.06. The molecule has 4 nitrogen and oxygen atoms in total. The van der Waals surface area contributed by atoms with E-state index in [0.29, 0.717) is 12.8 Å². The Morgan fingerprint density at radius 1 is 1.22 bits per heavy atom. The molecule has 0 aliphatic carbocycles. The van der Waals surface area contributed by atoms with Crippen molar-refractivity contribution in [2.45, 2.75) is 64.0 Å². The van der Waals surface area contributed by atoms with Crippen molar-refractivity contribution >= 4 is 14.3 Å². The summed E-state index contributed by atoms with van der Waals surface area (Å²) in [6.07, 6.45) is -0.657. The first-order chi connectivity index (χ1) is 10.6. The third-order valence-electron chi connectivity index (χ3n) is 4.58. The summed E-state index contributed by atoms with van der Waals surface area (Å²) in [7, 11) is -0.851. The number of aliphatic hydroxyl groups excluding tert-OH is 1. The van der Waals surface area contributed by atoms with Crippen LogP contribution in [0.2, 0.25) is 18.1 Å². The van der Waals surface area contributed by atoms with Crippen molar-refractivity contribution in [2.24, 2.45) is 0 Å². The predicted octanol–water partition coefficient (Wildman–Crippen LogP) is 3.54. The van der Waals surface area contributed by atoms with Crippen LogP contribution < -0.4 is 0 Å². The van der Waals surface area contributed by atoms with Gasteiger partial charge in [0.2, 0.25) is 0 Å². The highest BCUT2D eigenvalue weighted by Crippen LogP contribution is 2.38. The number of esters is 1. The summed E-state index contributed by atoms with van der Waals surface area (Å²) < 4.78 is 11.0. The second-order valence-corrected chi connectivity index (χ2v) is 12.2. The molecule has 0 heterocycles. The van der Waals surface area contributed by atoms with Gasteiger partial charge in [-0.3, -0.25) is 0 Å². The lowest BCUT2D eigenvalue weighted by atomic mass is 10.0. The number of carbonyl (C=O) groups is 1. The summed E-state index contributed by atoms with van der Waals surface area (Å²) in [6.45, 7) is 10.4. The Morgan fingerprint density at radius 2 is 1.78 bits per heavy atom. The summed E-state index contributed by atoms with van der Waals surface area (Å²) in [6, 6.07) is 9.90. The lowest BCUT2D eigenvalue weighted by Crippen LogP contribution is -2.50. The fraction of sp³-hybridized carbons (Fsp3) is 0.611. The molecule has 0 fully saturated rings. The molecule has 0 aromatic heterocycles. The van der Waals surface area contributed by atoms with Crippen LogP contribution in [0.4, 0.5) is 0 Å². The van der Waals surface area contributed by atoms with E-state index >= 15 is 0 Å². The molecule has 0 spiro atoms. The molecular weight excluding hydrogens is 308 g/mol. The number of aliphatic hydroxyl groups is 1. The van der Waals surface area contributed by atoms with Crippen LogP contribution in [0, 0.1) is 0 Å².